The summed E-state index contributed by atoms with van der Waals surface area (Å²) in [5.74, 6) is 2.32. The van der Waals surface area contributed by atoms with Crippen LogP contribution in [0.4, 0.5) is 0 Å². The number of hydrogen-bond donors (Lipinski definition) is 0. The normalized spacial score (nSPS) is 51.7. The fourth-order valence-corrected chi connectivity index (χ4v) is 3.13. The lowest BCUT2D eigenvalue weighted by atomic mass is 9.89. The van der Waals surface area contributed by atoms with Crippen LogP contribution in [0.3, 0.4) is 0 Å². The lowest BCUT2D eigenvalue weighted by molar-refractivity contribution is 0.402. The van der Waals surface area contributed by atoms with Gasteiger partial charge in [0.15, 0.2) is 0 Å². The summed E-state index contributed by atoms with van der Waals surface area (Å²) in [6, 6.07) is 0. The average Bonchev–Trinajstić information content (AvgIpc) is 2.46. The highest BCUT2D eigenvalue weighted by Crippen LogP contribution is 2.51. The maximum atomic E-state index is 6.20. The smallest absolute Gasteiger partial charge is 0.0429 e. The molecule has 10 heavy (non-hydrogen) atoms. The van der Waals surface area contributed by atoms with Gasteiger partial charge in [0.25, 0.3) is 0 Å². The van der Waals surface area contributed by atoms with E-state index in [9.17, 15) is 0 Å². The number of allylic oxidation sites excluding steroid dienone is 1. The molecule has 0 aromatic heterocycles. The minimum absolute atomic E-state index is 0.413. The molecule has 0 aromatic carbocycles. The monoisotopic (exact) mass is 156 g/mol. The Morgan fingerprint density at radius 3 is 2.40 bits per heavy atom. The van der Waals surface area contributed by atoms with Crippen LogP contribution in [0.5, 0.6) is 0 Å². The first-order valence-electron chi connectivity index (χ1n) is 4.09. The molecule has 2 saturated carbocycles. The van der Waals surface area contributed by atoms with Crippen molar-refractivity contribution in [1.82, 2.24) is 0 Å². The van der Waals surface area contributed by atoms with Crippen LogP contribution in [0, 0.1) is 17.8 Å². The highest BCUT2D eigenvalue weighted by Gasteiger charge is 2.44. The molecule has 0 aromatic rings. The first kappa shape index (κ1) is 6.72. The molecule has 56 valence electrons. The Morgan fingerprint density at radius 2 is 2.00 bits per heavy atom. The third-order valence-corrected chi connectivity index (χ3v) is 3.80. The van der Waals surface area contributed by atoms with Gasteiger partial charge in [-0.2, -0.15) is 0 Å². The topological polar surface area (TPSA) is 0 Å². The first-order chi connectivity index (χ1) is 4.83. The minimum Gasteiger partial charge on any atom is -0.122 e. The predicted molar refractivity (Wildman–Crippen MR) is 44.2 cm³/mol. The third kappa shape index (κ3) is 0.748. The van der Waals surface area contributed by atoms with Crippen molar-refractivity contribution in [3.05, 3.63) is 12.7 Å². The molecular formula is C9H13Cl. The highest BCUT2D eigenvalue weighted by molar-refractivity contribution is 6.21. The van der Waals surface area contributed by atoms with E-state index in [1.807, 2.05) is 0 Å². The number of alkyl halides is 1. The van der Waals surface area contributed by atoms with Crippen LogP contribution in [0.1, 0.15) is 19.3 Å². The summed E-state index contributed by atoms with van der Waals surface area (Å²) in [4.78, 5) is 0. The van der Waals surface area contributed by atoms with Gasteiger partial charge in [0.1, 0.15) is 0 Å². The number of halogens is 1. The molecule has 0 unspecified atom stereocenters. The molecule has 2 aliphatic carbocycles. The molecule has 0 radical (unpaired) electrons. The van der Waals surface area contributed by atoms with Gasteiger partial charge in [0.05, 0.1) is 0 Å². The van der Waals surface area contributed by atoms with Crippen LogP contribution in [0.25, 0.3) is 0 Å². The van der Waals surface area contributed by atoms with Gasteiger partial charge in [-0.05, 0) is 37.0 Å². The maximum Gasteiger partial charge on any atom is 0.0429 e. The lowest BCUT2D eigenvalue weighted by Gasteiger charge is -2.22. The van der Waals surface area contributed by atoms with Crippen molar-refractivity contribution in [2.24, 2.45) is 17.8 Å². The zero-order valence-corrected chi connectivity index (χ0v) is 6.85. The van der Waals surface area contributed by atoms with Crippen molar-refractivity contribution in [3.8, 4) is 0 Å². The lowest BCUT2D eigenvalue weighted by Crippen LogP contribution is -2.20. The molecule has 0 amide bonds. The Bertz CT molecular complexity index is 151. The van der Waals surface area contributed by atoms with Crippen molar-refractivity contribution in [2.45, 2.75) is 24.6 Å². The molecule has 0 saturated heterocycles. The van der Waals surface area contributed by atoms with Crippen molar-refractivity contribution in [3.63, 3.8) is 0 Å². The molecule has 0 N–H and O–H groups in total. The molecule has 4 atom stereocenters. The summed E-state index contributed by atoms with van der Waals surface area (Å²) in [6.07, 6.45) is 6.18. The van der Waals surface area contributed by atoms with E-state index < -0.39 is 0 Å². The zero-order chi connectivity index (χ0) is 7.14. The van der Waals surface area contributed by atoms with E-state index in [1.165, 1.54) is 19.3 Å². The van der Waals surface area contributed by atoms with Crippen LogP contribution in [0.2, 0.25) is 0 Å². The standard InChI is InChI=1S/C9H13Cl/c1-2-8-6-3-4-7(5-6)9(8)10/h2,6-9H,1,3-5H2/t6-,7-,8-,9-/m0/s1. The molecule has 0 heterocycles. The molecule has 0 nitrogen and oxygen atoms in total. The van der Waals surface area contributed by atoms with Crippen LogP contribution >= 0.6 is 11.6 Å². The van der Waals surface area contributed by atoms with Gasteiger partial charge in [0.2, 0.25) is 0 Å². The second kappa shape index (κ2) is 2.27. The molecule has 2 rings (SSSR count). The zero-order valence-electron chi connectivity index (χ0n) is 6.09. The Morgan fingerprint density at radius 1 is 1.30 bits per heavy atom. The van der Waals surface area contributed by atoms with Crippen molar-refractivity contribution in [2.75, 3.05) is 0 Å². The fraction of sp³-hybridized carbons (Fsp3) is 0.778. The van der Waals surface area contributed by atoms with E-state index in [4.69, 9.17) is 11.6 Å². The quantitative estimate of drug-likeness (QED) is 0.405. The molecule has 2 aliphatic rings. The van der Waals surface area contributed by atoms with Crippen molar-refractivity contribution in [1.29, 1.82) is 0 Å². The maximum absolute atomic E-state index is 6.20. The second-order valence-corrected chi connectivity index (χ2v) is 4.09. The fourth-order valence-electron chi connectivity index (χ4n) is 2.59. The van der Waals surface area contributed by atoms with Gasteiger partial charge in [-0.1, -0.05) is 6.08 Å². The Kier molecular flexibility index (Phi) is 1.52. The number of rotatable bonds is 1. The summed E-state index contributed by atoms with van der Waals surface area (Å²) < 4.78 is 0. The minimum atomic E-state index is 0.413. The van der Waals surface area contributed by atoms with Crippen LogP contribution in [-0.2, 0) is 0 Å². The largest absolute Gasteiger partial charge is 0.122 e. The van der Waals surface area contributed by atoms with E-state index in [0.717, 1.165) is 11.8 Å². The van der Waals surface area contributed by atoms with Crippen LogP contribution in [0.15, 0.2) is 12.7 Å². The molecule has 2 bridgehead atoms. The van der Waals surface area contributed by atoms with E-state index in [2.05, 4.69) is 12.7 Å². The van der Waals surface area contributed by atoms with Gasteiger partial charge in [-0.25, -0.2) is 0 Å². The molecule has 1 heteroatoms. The summed E-state index contributed by atoms with van der Waals surface area (Å²) in [7, 11) is 0. The van der Waals surface area contributed by atoms with Crippen LogP contribution in [-0.4, -0.2) is 5.38 Å². The van der Waals surface area contributed by atoms with Gasteiger partial charge in [-0.3, -0.25) is 0 Å². The summed E-state index contributed by atoms with van der Waals surface area (Å²) in [5.41, 5.74) is 0. The van der Waals surface area contributed by atoms with Gasteiger partial charge in [0, 0.05) is 5.38 Å². The first-order valence-corrected chi connectivity index (χ1v) is 4.53. The molecule has 0 spiro atoms. The van der Waals surface area contributed by atoms with Crippen molar-refractivity contribution < 1.29 is 0 Å². The third-order valence-electron chi connectivity index (χ3n) is 3.15. The van der Waals surface area contributed by atoms with E-state index in [0.29, 0.717) is 11.3 Å². The van der Waals surface area contributed by atoms with Gasteiger partial charge >= 0.3 is 0 Å². The van der Waals surface area contributed by atoms with Gasteiger partial charge < -0.3 is 0 Å². The molecular weight excluding hydrogens is 144 g/mol. The van der Waals surface area contributed by atoms with E-state index in [-0.39, 0.29) is 0 Å². The summed E-state index contributed by atoms with van der Waals surface area (Å²) >= 11 is 6.20. The van der Waals surface area contributed by atoms with Gasteiger partial charge in [-0.15, -0.1) is 18.2 Å². The Hall–Kier alpha value is 0.0300. The molecule has 0 aliphatic heterocycles. The van der Waals surface area contributed by atoms with E-state index >= 15 is 0 Å². The predicted octanol–water partition coefficient (Wildman–Crippen LogP) is 2.83. The van der Waals surface area contributed by atoms with E-state index in [1.54, 1.807) is 0 Å². The van der Waals surface area contributed by atoms with Crippen LogP contribution < -0.4 is 0 Å². The summed E-state index contributed by atoms with van der Waals surface area (Å²) in [5, 5.41) is 0.413. The Balaban J connectivity index is 2.16. The number of fused-ring (bicyclic) bond motifs is 2. The number of hydrogen-bond acceptors (Lipinski definition) is 0. The second-order valence-electron chi connectivity index (χ2n) is 3.59. The SMILES string of the molecule is C=C[C@H]1[C@H]2CC[C@@H](C2)[C@@H]1Cl. The van der Waals surface area contributed by atoms with Crippen molar-refractivity contribution >= 4 is 11.6 Å². The highest BCUT2D eigenvalue weighted by atomic mass is 35.5. The average molecular weight is 157 g/mol. The Labute approximate surface area is 67.3 Å². The molecule has 2 fully saturated rings. The summed E-state index contributed by atoms with van der Waals surface area (Å²) in [6.45, 7) is 3.83.